The molecule has 98 valence electrons. The normalized spacial score (nSPS) is 14.3. The van der Waals surface area contributed by atoms with Crippen molar-refractivity contribution in [1.82, 2.24) is 4.90 Å². The highest BCUT2D eigenvalue weighted by molar-refractivity contribution is 7.10. The summed E-state index contributed by atoms with van der Waals surface area (Å²) >= 11 is 1.75. The maximum absolute atomic E-state index is 9.95. The zero-order valence-corrected chi connectivity index (χ0v) is 12.0. The lowest BCUT2D eigenvalue weighted by atomic mass is 10.1. The molecule has 1 aromatic rings. The topological polar surface area (TPSA) is 49.5 Å². The molecule has 0 amide bonds. The molecule has 0 saturated carbocycles. The smallest absolute Gasteiger partial charge is 0.0718 e. The molecular weight excluding hydrogens is 232 g/mol. The molecule has 1 unspecified atom stereocenters. The van der Waals surface area contributed by atoms with E-state index in [4.69, 9.17) is 5.73 Å². The summed E-state index contributed by atoms with van der Waals surface area (Å²) in [6.45, 7) is 10.0. The monoisotopic (exact) mass is 256 g/mol. The van der Waals surface area contributed by atoms with Crippen molar-refractivity contribution >= 4 is 11.3 Å². The molecule has 17 heavy (non-hydrogen) atoms. The average molecular weight is 256 g/mol. The molecule has 0 radical (unpaired) electrons. The molecule has 1 heterocycles. The van der Waals surface area contributed by atoms with Gasteiger partial charge in [0.1, 0.15) is 0 Å². The van der Waals surface area contributed by atoms with Gasteiger partial charge in [-0.05, 0) is 44.3 Å². The zero-order valence-electron chi connectivity index (χ0n) is 11.2. The molecule has 1 atom stereocenters. The van der Waals surface area contributed by atoms with Crippen LogP contribution in [0.15, 0.2) is 11.4 Å². The lowest BCUT2D eigenvalue weighted by Crippen LogP contribution is -2.42. The van der Waals surface area contributed by atoms with Gasteiger partial charge >= 0.3 is 0 Å². The van der Waals surface area contributed by atoms with E-state index in [0.717, 1.165) is 6.54 Å². The summed E-state index contributed by atoms with van der Waals surface area (Å²) in [5.74, 6) is 0. The van der Waals surface area contributed by atoms with E-state index in [-0.39, 0.29) is 6.04 Å². The van der Waals surface area contributed by atoms with Crippen molar-refractivity contribution in [2.45, 2.75) is 39.3 Å². The van der Waals surface area contributed by atoms with Crippen LogP contribution in [0.25, 0.3) is 0 Å². The highest BCUT2D eigenvalue weighted by atomic mass is 32.1. The second kappa shape index (κ2) is 5.96. The number of nitrogens with two attached hydrogens (primary N) is 1. The number of aliphatic hydroxyl groups is 1. The molecule has 0 bridgehead atoms. The largest absolute Gasteiger partial charge is 0.389 e. The fraction of sp³-hybridized carbons (Fsp3) is 0.692. The predicted octanol–water partition coefficient (Wildman–Crippen LogP) is 2.15. The third-order valence-electron chi connectivity index (χ3n) is 2.86. The number of rotatable bonds is 6. The van der Waals surface area contributed by atoms with Gasteiger partial charge in [0.2, 0.25) is 0 Å². The quantitative estimate of drug-likeness (QED) is 0.820. The van der Waals surface area contributed by atoms with Crippen molar-refractivity contribution in [2.24, 2.45) is 5.73 Å². The minimum Gasteiger partial charge on any atom is -0.389 e. The van der Waals surface area contributed by atoms with Gasteiger partial charge in [0.15, 0.2) is 0 Å². The fourth-order valence-corrected chi connectivity index (χ4v) is 3.16. The molecule has 0 saturated heterocycles. The number of hydrogen-bond acceptors (Lipinski definition) is 4. The van der Waals surface area contributed by atoms with Gasteiger partial charge in [-0.15, -0.1) is 11.3 Å². The summed E-state index contributed by atoms with van der Waals surface area (Å²) in [5.41, 5.74) is 6.52. The van der Waals surface area contributed by atoms with Crippen LogP contribution in [0.4, 0.5) is 0 Å². The van der Waals surface area contributed by atoms with Crippen LogP contribution in [-0.4, -0.2) is 35.2 Å². The van der Waals surface area contributed by atoms with Gasteiger partial charge in [-0.25, -0.2) is 0 Å². The summed E-state index contributed by atoms with van der Waals surface area (Å²) < 4.78 is 0. The van der Waals surface area contributed by atoms with Gasteiger partial charge in [-0.1, -0.05) is 6.92 Å². The molecule has 0 fully saturated rings. The Labute approximate surface area is 108 Å². The van der Waals surface area contributed by atoms with Crippen LogP contribution in [0, 0.1) is 6.92 Å². The number of likely N-dealkylation sites (N-methyl/N-ethyl adjacent to an activating group) is 1. The van der Waals surface area contributed by atoms with Crippen LogP contribution in [0.5, 0.6) is 0 Å². The second-order valence-electron chi connectivity index (χ2n) is 5.09. The molecule has 0 aliphatic rings. The number of aryl methyl sites for hydroxylation is 1. The Kier molecular flexibility index (Phi) is 5.13. The second-order valence-corrected chi connectivity index (χ2v) is 6.04. The van der Waals surface area contributed by atoms with E-state index in [2.05, 4.69) is 30.2 Å². The van der Waals surface area contributed by atoms with E-state index in [9.17, 15) is 5.11 Å². The molecule has 0 aliphatic heterocycles. The third-order valence-corrected chi connectivity index (χ3v) is 3.98. The molecule has 1 rings (SSSR count). The summed E-state index contributed by atoms with van der Waals surface area (Å²) in [4.78, 5) is 3.57. The van der Waals surface area contributed by atoms with Crippen molar-refractivity contribution in [3.63, 3.8) is 0 Å². The SMILES string of the molecule is CCN(CC(C)(C)O)C(CN)c1sccc1C. The summed E-state index contributed by atoms with van der Waals surface area (Å²) in [6, 6.07) is 2.34. The van der Waals surface area contributed by atoms with Gasteiger partial charge in [-0.2, -0.15) is 0 Å². The average Bonchev–Trinajstić information content (AvgIpc) is 2.63. The van der Waals surface area contributed by atoms with Crippen molar-refractivity contribution in [1.29, 1.82) is 0 Å². The Morgan fingerprint density at radius 1 is 1.53 bits per heavy atom. The maximum atomic E-state index is 9.95. The third kappa shape index (κ3) is 4.07. The number of thiophene rings is 1. The maximum Gasteiger partial charge on any atom is 0.0718 e. The molecular formula is C13H24N2OS. The van der Waals surface area contributed by atoms with Gasteiger partial charge in [-0.3, -0.25) is 4.90 Å². The molecule has 0 aromatic carbocycles. The molecule has 1 aromatic heterocycles. The first-order valence-electron chi connectivity index (χ1n) is 6.09. The van der Waals surface area contributed by atoms with E-state index in [1.165, 1.54) is 10.4 Å². The van der Waals surface area contributed by atoms with E-state index < -0.39 is 5.60 Å². The predicted molar refractivity (Wildman–Crippen MR) is 74.4 cm³/mol. The molecule has 0 spiro atoms. The Balaban J connectivity index is 2.88. The minimum absolute atomic E-state index is 0.214. The summed E-state index contributed by atoms with van der Waals surface area (Å²) in [5, 5.41) is 12.1. The van der Waals surface area contributed by atoms with Crippen LogP contribution in [0.3, 0.4) is 0 Å². The van der Waals surface area contributed by atoms with Crippen molar-refractivity contribution in [2.75, 3.05) is 19.6 Å². The van der Waals surface area contributed by atoms with Crippen molar-refractivity contribution in [3.8, 4) is 0 Å². The highest BCUT2D eigenvalue weighted by Gasteiger charge is 2.25. The molecule has 4 heteroatoms. The lowest BCUT2D eigenvalue weighted by molar-refractivity contribution is 0.0239. The van der Waals surface area contributed by atoms with Crippen LogP contribution in [0.2, 0.25) is 0 Å². The first-order valence-corrected chi connectivity index (χ1v) is 6.97. The first kappa shape index (κ1) is 14.6. The molecule has 3 nitrogen and oxygen atoms in total. The number of nitrogens with zero attached hydrogens (tertiary/aromatic N) is 1. The fourth-order valence-electron chi connectivity index (χ4n) is 2.09. The summed E-state index contributed by atoms with van der Waals surface area (Å²) in [6.07, 6.45) is 0. The molecule has 3 N–H and O–H groups in total. The van der Waals surface area contributed by atoms with Crippen LogP contribution < -0.4 is 5.73 Å². The minimum atomic E-state index is -0.686. The lowest BCUT2D eigenvalue weighted by Gasteiger charge is -2.34. The van der Waals surface area contributed by atoms with E-state index in [0.29, 0.717) is 13.1 Å². The standard InChI is InChI=1S/C13H24N2OS/c1-5-15(9-13(3,4)16)11(8-14)12-10(2)6-7-17-12/h6-7,11,16H,5,8-9,14H2,1-4H3. The van der Waals surface area contributed by atoms with Crippen molar-refractivity contribution < 1.29 is 5.11 Å². The van der Waals surface area contributed by atoms with E-state index in [1.54, 1.807) is 11.3 Å². The van der Waals surface area contributed by atoms with Gasteiger partial charge < -0.3 is 10.8 Å². The van der Waals surface area contributed by atoms with E-state index in [1.807, 2.05) is 13.8 Å². The Morgan fingerprint density at radius 2 is 2.18 bits per heavy atom. The first-order chi connectivity index (χ1) is 7.89. The van der Waals surface area contributed by atoms with Crippen molar-refractivity contribution in [3.05, 3.63) is 21.9 Å². The Bertz CT molecular complexity index is 343. The van der Waals surface area contributed by atoms with Crippen LogP contribution in [0.1, 0.15) is 37.3 Å². The Hall–Kier alpha value is -0.420. The Morgan fingerprint density at radius 3 is 2.53 bits per heavy atom. The molecule has 0 aliphatic carbocycles. The number of hydrogen-bond donors (Lipinski definition) is 2. The zero-order chi connectivity index (χ0) is 13.1. The van der Waals surface area contributed by atoms with Gasteiger partial charge in [0, 0.05) is 18.0 Å². The van der Waals surface area contributed by atoms with Crippen LogP contribution >= 0.6 is 11.3 Å². The van der Waals surface area contributed by atoms with Crippen LogP contribution in [-0.2, 0) is 0 Å². The van der Waals surface area contributed by atoms with Gasteiger partial charge in [0.05, 0.1) is 11.6 Å². The summed E-state index contributed by atoms with van der Waals surface area (Å²) in [7, 11) is 0. The van der Waals surface area contributed by atoms with Gasteiger partial charge in [0.25, 0.3) is 0 Å². The highest BCUT2D eigenvalue weighted by Crippen LogP contribution is 2.28. The van der Waals surface area contributed by atoms with E-state index >= 15 is 0 Å².